The van der Waals surface area contributed by atoms with Crippen LogP contribution >= 0.6 is 11.3 Å². The van der Waals surface area contributed by atoms with Crippen molar-refractivity contribution in [2.24, 2.45) is 0 Å². The number of aromatic carboxylic acids is 1. The Hall–Kier alpha value is -3.19. The first-order chi connectivity index (χ1) is 12.4. The highest BCUT2D eigenvalue weighted by atomic mass is 32.1. The Bertz CT molecular complexity index is 1160. The number of nitrogens with one attached hydrogen (secondary N) is 1. The number of H-pyrrole nitrogens is 1. The number of nitrogen functional groups attached to an aromatic ring is 1. The molecule has 0 saturated carbocycles. The molecule has 130 valence electrons. The SMILES string of the molecule is Cc1cccc(-c2cc3cc(-c4nc(C)c(C(=O)O)s4)cc(N)c3[nH]2)n1. The molecule has 0 aliphatic rings. The van der Waals surface area contributed by atoms with E-state index in [1.165, 1.54) is 0 Å². The second-order valence-electron chi connectivity index (χ2n) is 6.12. The summed E-state index contributed by atoms with van der Waals surface area (Å²) < 4.78 is 0. The van der Waals surface area contributed by atoms with E-state index in [0.717, 1.165) is 44.9 Å². The van der Waals surface area contributed by atoms with Crippen LogP contribution in [-0.4, -0.2) is 26.0 Å². The van der Waals surface area contributed by atoms with Gasteiger partial charge in [-0.15, -0.1) is 11.3 Å². The van der Waals surface area contributed by atoms with Crippen LogP contribution in [0.5, 0.6) is 0 Å². The molecule has 4 aromatic rings. The van der Waals surface area contributed by atoms with Gasteiger partial charge >= 0.3 is 5.97 Å². The fraction of sp³-hybridized carbons (Fsp3) is 0.105. The number of carboxylic acids is 1. The summed E-state index contributed by atoms with van der Waals surface area (Å²) in [7, 11) is 0. The lowest BCUT2D eigenvalue weighted by atomic mass is 10.1. The first-order valence-corrected chi connectivity index (χ1v) is 8.81. The van der Waals surface area contributed by atoms with E-state index in [9.17, 15) is 9.90 Å². The molecule has 0 spiro atoms. The van der Waals surface area contributed by atoms with Crippen molar-refractivity contribution in [3.05, 3.63) is 52.7 Å². The molecule has 0 unspecified atom stereocenters. The van der Waals surface area contributed by atoms with E-state index in [2.05, 4.69) is 15.0 Å². The summed E-state index contributed by atoms with van der Waals surface area (Å²) in [5.41, 5.74) is 11.6. The van der Waals surface area contributed by atoms with Gasteiger partial charge in [0, 0.05) is 16.6 Å². The van der Waals surface area contributed by atoms with Crippen LogP contribution in [-0.2, 0) is 0 Å². The van der Waals surface area contributed by atoms with Gasteiger partial charge in [-0.25, -0.2) is 9.78 Å². The standard InChI is InChI=1S/C19H16N4O2S/c1-9-4-3-5-14(21-9)15-8-11-6-12(7-13(20)16(11)23-15)18-22-10(2)17(26-18)19(24)25/h3-8,23H,20H2,1-2H3,(H,24,25). The Morgan fingerprint density at radius 2 is 2.00 bits per heavy atom. The van der Waals surface area contributed by atoms with Crippen LogP contribution in [0.15, 0.2) is 36.4 Å². The zero-order valence-electron chi connectivity index (χ0n) is 14.2. The molecule has 4 N–H and O–H groups in total. The third kappa shape index (κ3) is 2.72. The summed E-state index contributed by atoms with van der Waals surface area (Å²) >= 11 is 1.15. The van der Waals surface area contributed by atoms with Crippen molar-refractivity contribution in [3.8, 4) is 22.0 Å². The molecule has 0 fully saturated rings. The van der Waals surface area contributed by atoms with Crippen LogP contribution in [0.3, 0.4) is 0 Å². The van der Waals surface area contributed by atoms with Crippen LogP contribution in [0.4, 0.5) is 5.69 Å². The van der Waals surface area contributed by atoms with Gasteiger partial charge in [-0.05, 0) is 44.2 Å². The molecule has 26 heavy (non-hydrogen) atoms. The summed E-state index contributed by atoms with van der Waals surface area (Å²) in [6, 6.07) is 11.6. The van der Waals surface area contributed by atoms with Crippen LogP contribution in [0, 0.1) is 13.8 Å². The lowest BCUT2D eigenvalue weighted by molar-refractivity contribution is 0.0701. The topological polar surface area (TPSA) is 105 Å². The molecule has 0 aliphatic heterocycles. The van der Waals surface area contributed by atoms with E-state index in [0.29, 0.717) is 16.4 Å². The third-order valence-electron chi connectivity index (χ3n) is 4.16. The molecule has 0 aliphatic carbocycles. The average molecular weight is 364 g/mol. The largest absolute Gasteiger partial charge is 0.477 e. The average Bonchev–Trinajstić information content (AvgIpc) is 3.19. The number of aromatic amines is 1. The Balaban J connectivity index is 1.84. The Labute approximate surface area is 153 Å². The van der Waals surface area contributed by atoms with Gasteiger partial charge in [0.05, 0.1) is 28.3 Å². The molecule has 0 saturated heterocycles. The van der Waals surface area contributed by atoms with E-state index >= 15 is 0 Å². The highest BCUT2D eigenvalue weighted by molar-refractivity contribution is 7.17. The number of aryl methyl sites for hydroxylation is 2. The summed E-state index contributed by atoms with van der Waals surface area (Å²) in [6.45, 7) is 3.65. The molecule has 7 heteroatoms. The van der Waals surface area contributed by atoms with Crippen molar-refractivity contribution in [1.29, 1.82) is 0 Å². The summed E-state index contributed by atoms with van der Waals surface area (Å²) in [6.07, 6.45) is 0. The number of carboxylic acid groups (broad SMARTS) is 1. The van der Waals surface area contributed by atoms with Gasteiger partial charge in [0.15, 0.2) is 0 Å². The smallest absolute Gasteiger partial charge is 0.347 e. The fourth-order valence-corrected chi connectivity index (χ4v) is 3.84. The first-order valence-electron chi connectivity index (χ1n) is 8.00. The van der Waals surface area contributed by atoms with Crippen molar-refractivity contribution >= 4 is 33.9 Å². The fourth-order valence-electron chi connectivity index (χ4n) is 2.94. The normalized spacial score (nSPS) is 11.2. The zero-order chi connectivity index (χ0) is 18.4. The summed E-state index contributed by atoms with van der Waals surface area (Å²) in [5, 5.41) is 10.8. The molecule has 0 radical (unpaired) electrons. The number of hydrogen-bond acceptors (Lipinski definition) is 5. The minimum absolute atomic E-state index is 0.248. The number of pyridine rings is 1. The lowest BCUT2D eigenvalue weighted by Gasteiger charge is -2.01. The number of nitrogens with two attached hydrogens (primary N) is 1. The quantitative estimate of drug-likeness (QED) is 0.471. The Morgan fingerprint density at radius 3 is 2.69 bits per heavy atom. The highest BCUT2D eigenvalue weighted by Gasteiger charge is 2.17. The molecule has 1 aromatic carbocycles. The van der Waals surface area contributed by atoms with Crippen molar-refractivity contribution in [2.45, 2.75) is 13.8 Å². The number of rotatable bonds is 3. The van der Waals surface area contributed by atoms with Gasteiger partial charge in [0.1, 0.15) is 9.88 Å². The summed E-state index contributed by atoms with van der Waals surface area (Å²) in [4.78, 5) is 23.8. The van der Waals surface area contributed by atoms with Crippen LogP contribution in [0.2, 0.25) is 0 Å². The van der Waals surface area contributed by atoms with Gasteiger partial charge in [-0.1, -0.05) is 6.07 Å². The van der Waals surface area contributed by atoms with E-state index < -0.39 is 5.97 Å². The molecular weight excluding hydrogens is 348 g/mol. The minimum Gasteiger partial charge on any atom is -0.477 e. The molecule has 3 heterocycles. The molecule has 0 atom stereocenters. The predicted octanol–water partition coefficient (Wildman–Crippen LogP) is 4.25. The first kappa shape index (κ1) is 16.3. The number of thiazole rings is 1. The maximum absolute atomic E-state index is 11.3. The molecule has 3 aromatic heterocycles. The molecular formula is C19H16N4O2S. The second kappa shape index (κ2) is 5.96. The molecule has 0 amide bonds. The van der Waals surface area contributed by atoms with E-state index in [1.807, 2.05) is 43.3 Å². The highest BCUT2D eigenvalue weighted by Crippen LogP contribution is 2.34. The van der Waals surface area contributed by atoms with Gasteiger partial charge in [-0.2, -0.15) is 0 Å². The number of benzene rings is 1. The zero-order valence-corrected chi connectivity index (χ0v) is 15.0. The van der Waals surface area contributed by atoms with Gasteiger partial charge in [-0.3, -0.25) is 4.98 Å². The van der Waals surface area contributed by atoms with Gasteiger partial charge < -0.3 is 15.8 Å². The third-order valence-corrected chi connectivity index (χ3v) is 5.36. The van der Waals surface area contributed by atoms with Gasteiger partial charge in [0.2, 0.25) is 0 Å². The summed E-state index contributed by atoms with van der Waals surface area (Å²) in [5.74, 6) is -0.963. The van der Waals surface area contributed by atoms with E-state index in [4.69, 9.17) is 5.73 Å². The van der Waals surface area contributed by atoms with Crippen LogP contribution in [0.1, 0.15) is 21.1 Å². The number of anilines is 1. The molecule has 0 bridgehead atoms. The number of carbonyl (C=O) groups is 1. The van der Waals surface area contributed by atoms with Crippen LogP contribution in [0.25, 0.3) is 32.9 Å². The molecule has 6 nitrogen and oxygen atoms in total. The van der Waals surface area contributed by atoms with Crippen molar-refractivity contribution in [3.63, 3.8) is 0 Å². The van der Waals surface area contributed by atoms with Crippen LogP contribution < -0.4 is 5.73 Å². The number of aromatic nitrogens is 3. The maximum atomic E-state index is 11.3. The van der Waals surface area contributed by atoms with Crippen molar-refractivity contribution in [2.75, 3.05) is 5.73 Å². The second-order valence-corrected chi connectivity index (χ2v) is 7.11. The number of fused-ring (bicyclic) bond motifs is 1. The van der Waals surface area contributed by atoms with Gasteiger partial charge in [0.25, 0.3) is 0 Å². The molecule has 4 rings (SSSR count). The lowest BCUT2D eigenvalue weighted by Crippen LogP contribution is -1.94. The maximum Gasteiger partial charge on any atom is 0.347 e. The van der Waals surface area contributed by atoms with Crippen molar-refractivity contribution in [1.82, 2.24) is 15.0 Å². The number of hydrogen-bond donors (Lipinski definition) is 3. The van der Waals surface area contributed by atoms with E-state index in [1.54, 1.807) is 6.92 Å². The van der Waals surface area contributed by atoms with E-state index in [-0.39, 0.29) is 4.88 Å². The minimum atomic E-state index is -0.963. The Kier molecular flexibility index (Phi) is 3.73. The Morgan fingerprint density at radius 1 is 1.19 bits per heavy atom. The van der Waals surface area contributed by atoms with Crippen molar-refractivity contribution < 1.29 is 9.90 Å². The number of nitrogens with zero attached hydrogens (tertiary/aromatic N) is 2. The predicted molar refractivity (Wildman–Crippen MR) is 103 cm³/mol. The monoisotopic (exact) mass is 364 g/mol.